The molecule has 0 saturated heterocycles. The summed E-state index contributed by atoms with van der Waals surface area (Å²) < 4.78 is 10.1. The second kappa shape index (κ2) is 11.3. The van der Waals surface area contributed by atoms with Gasteiger partial charge >= 0.3 is 11.9 Å². The Hall–Kier alpha value is -1.26. The third kappa shape index (κ3) is 7.66. The number of aliphatic hydroxyl groups is 1. The number of carboxylic acid groups (broad SMARTS) is 2. The van der Waals surface area contributed by atoms with Crippen molar-refractivity contribution in [1.82, 2.24) is 10.4 Å². The van der Waals surface area contributed by atoms with E-state index in [9.17, 15) is 19.8 Å². The molecular formula is C13H26N2O7. The van der Waals surface area contributed by atoms with Gasteiger partial charge in [0.15, 0.2) is 0 Å². The van der Waals surface area contributed by atoms with Gasteiger partial charge in [-0.3, -0.25) is 9.59 Å². The van der Waals surface area contributed by atoms with E-state index < -0.39 is 30.6 Å². The molecule has 2 atom stereocenters. The summed E-state index contributed by atoms with van der Waals surface area (Å²) in [6, 6.07) is -2.22. The number of rotatable bonds is 13. The van der Waals surface area contributed by atoms with Crippen LogP contribution in [0.25, 0.3) is 0 Å². The van der Waals surface area contributed by atoms with Crippen molar-refractivity contribution >= 4 is 11.9 Å². The topological polar surface area (TPSA) is 129 Å². The molecule has 0 amide bonds. The van der Waals surface area contributed by atoms with Crippen molar-refractivity contribution in [2.24, 2.45) is 5.92 Å². The second-order valence-corrected chi connectivity index (χ2v) is 5.02. The summed E-state index contributed by atoms with van der Waals surface area (Å²) in [4.78, 5) is 22.4. The van der Waals surface area contributed by atoms with Crippen LogP contribution >= 0.6 is 0 Å². The molecule has 22 heavy (non-hydrogen) atoms. The van der Waals surface area contributed by atoms with Crippen molar-refractivity contribution in [3.05, 3.63) is 0 Å². The van der Waals surface area contributed by atoms with Crippen LogP contribution in [-0.4, -0.2) is 84.4 Å². The van der Waals surface area contributed by atoms with Crippen molar-refractivity contribution in [3.8, 4) is 0 Å². The summed E-state index contributed by atoms with van der Waals surface area (Å²) in [5.41, 5.74) is 2.66. The van der Waals surface area contributed by atoms with Crippen LogP contribution in [0.4, 0.5) is 0 Å². The molecule has 0 saturated carbocycles. The highest BCUT2D eigenvalue weighted by atomic mass is 16.5. The van der Waals surface area contributed by atoms with Crippen LogP contribution in [-0.2, 0) is 19.1 Å². The van der Waals surface area contributed by atoms with Gasteiger partial charge in [-0.2, -0.15) is 0 Å². The van der Waals surface area contributed by atoms with Crippen LogP contribution in [0.2, 0.25) is 0 Å². The van der Waals surface area contributed by atoms with E-state index in [1.165, 1.54) is 12.1 Å². The van der Waals surface area contributed by atoms with E-state index in [0.29, 0.717) is 13.2 Å². The quantitative estimate of drug-likeness (QED) is 0.249. The number of aliphatic hydroxyl groups excluding tert-OH is 1. The van der Waals surface area contributed by atoms with Gasteiger partial charge in [0, 0.05) is 13.7 Å². The van der Waals surface area contributed by atoms with Crippen LogP contribution in [0.3, 0.4) is 0 Å². The smallest absolute Gasteiger partial charge is 0.324 e. The van der Waals surface area contributed by atoms with E-state index in [4.69, 9.17) is 14.6 Å². The summed E-state index contributed by atoms with van der Waals surface area (Å²) in [7, 11) is 1.53. The lowest BCUT2D eigenvalue weighted by molar-refractivity contribution is -0.152. The zero-order valence-corrected chi connectivity index (χ0v) is 13.2. The molecule has 0 radical (unpaired) electrons. The predicted molar refractivity (Wildman–Crippen MR) is 77.3 cm³/mol. The highest BCUT2D eigenvalue weighted by Crippen LogP contribution is 2.06. The van der Waals surface area contributed by atoms with E-state index in [0.717, 1.165) is 0 Å². The van der Waals surface area contributed by atoms with Gasteiger partial charge in [-0.25, -0.2) is 10.4 Å². The Labute approximate surface area is 129 Å². The molecule has 0 spiro atoms. The summed E-state index contributed by atoms with van der Waals surface area (Å²) in [5.74, 6) is -2.61. The Bertz CT molecular complexity index is 338. The second-order valence-electron chi connectivity index (χ2n) is 5.02. The highest BCUT2D eigenvalue weighted by Gasteiger charge is 2.30. The zero-order valence-electron chi connectivity index (χ0n) is 13.2. The molecule has 0 heterocycles. The number of methoxy groups -OCH3 is 1. The van der Waals surface area contributed by atoms with E-state index in [2.05, 4.69) is 5.43 Å². The molecule has 0 bridgehead atoms. The minimum atomic E-state index is -1.26. The summed E-state index contributed by atoms with van der Waals surface area (Å²) in [6.45, 7) is 3.78. The fourth-order valence-corrected chi connectivity index (χ4v) is 1.70. The SMILES string of the molecule is COCCOCCN(N[C@H](C(=O)O)C(C)C)[C@@H](CO)C(=O)O. The number of hydrazine groups is 1. The lowest BCUT2D eigenvalue weighted by Crippen LogP contribution is -2.58. The maximum absolute atomic E-state index is 11.2. The lowest BCUT2D eigenvalue weighted by Gasteiger charge is -2.32. The Kier molecular flexibility index (Phi) is 10.7. The molecule has 0 rings (SSSR count). The molecule has 0 unspecified atom stereocenters. The lowest BCUT2D eigenvalue weighted by atomic mass is 10.1. The van der Waals surface area contributed by atoms with Crippen LogP contribution in [0.1, 0.15) is 13.8 Å². The number of aliphatic carboxylic acids is 2. The minimum absolute atomic E-state index is 0.109. The van der Waals surface area contributed by atoms with E-state index in [1.54, 1.807) is 13.8 Å². The maximum atomic E-state index is 11.2. The van der Waals surface area contributed by atoms with E-state index in [-0.39, 0.29) is 19.1 Å². The zero-order chi connectivity index (χ0) is 17.1. The number of hydrogen-bond acceptors (Lipinski definition) is 7. The Balaban J connectivity index is 4.76. The fraction of sp³-hybridized carbons (Fsp3) is 0.846. The maximum Gasteiger partial charge on any atom is 0.324 e. The van der Waals surface area contributed by atoms with Gasteiger partial charge in [-0.1, -0.05) is 13.8 Å². The van der Waals surface area contributed by atoms with Gasteiger partial charge in [0.25, 0.3) is 0 Å². The average Bonchev–Trinajstić information content (AvgIpc) is 2.43. The van der Waals surface area contributed by atoms with Gasteiger partial charge in [-0.05, 0) is 5.92 Å². The third-order valence-corrected chi connectivity index (χ3v) is 2.98. The van der Waals surface area contributed by atoms with Gasteiger partial charge in [-0.15, -0.1) is 0 Å². The molecule has 4 N–H and O–H groups in total. The van der Waals surface area contributed by atoms with Crippen molar-refractivity contribution in [3.63, 3.8) is 0 Å². The number of nitrogens with one attached hydrogen (secondary N) is 1. The summed E-state index contributed by atoms with van der Waals surface area (Å²) >= 11 is 0. The first kappa shape index (κ1) is 20.7. The van der Waals surface area contributed by atoms with E-state index >= 15 is 0 Å². The largest absolute Gasteiger partial charge is 0.480 e. The van der Waals surface area contributed by atoms with Gasteiger partial charge in [0.05, 0.1) is 26.4 Å². The Morgan fingerprint density at radius 3 is 2.18 bits per heavy atom. The molecule has 0 aliphatic heterocycles. The molecule has 0 aromatic heterocycles. The van der Waals surface area contributed by atoms with Gasteiger partial charge in [0.1, 0.15) is 12.1 Å². The van der Waals surface area contributed by atoms with Crippen molar-refractivity contribution < 1.29 is 34.4 Å². The van der Waals surface area contributed by atoms with Gasteiger partial charge < -0.3 is 24.8 Å². The normalized spacial score (nSPS) is 14.3. The van der Waals surface area contributed by atoms with Crippen molar-refractivity contribution in [1.29, 1.82) is 0 Å². The summed E-state index contributed by atoms with van der Waals surface area (Å²) in [5, 5.41) is 28.7. The third-order valence-electron chi connectivity index (χ3n) is 2.98. The average molecular weight is 322 g/mol. The van der Waals surface area contributed by atoms with Crippen LogP contribution in [0.15, 0.2) is 0 Å². The van der Waals surface area contributed by atoms with Crippen LogP contribution in [0.5, 0.6) is 0 Å². The molecule has 9 heteroatoms. The first-order valence-electron chi connectivity index (χ1n) is 7.01. The standard InChI is InChI=1S/C13H26N2O7/c1-9(2)11(13(19)20)14-15(10(8-16)12(17)18)4-5-22-7-6-21-3/h9-11,14,16H,4-8H2,1-3H3,(H,17,18)(H,19,20)/t10-,11-/m0/s1. The van der Waals surface area contributed by atoms with Crippen molar-refractivity contribution in [2.75, 3.05) is 40.1 Å². The highest BCUT2D eigenvalue weighted by molar-refractivity contribution is 5.75. The number of carboxylic acids is 2. The number of hydrogen-bond donors (Lipinski definition) is 4. The van der Waals surface area contributed by atoms with Crippen LogP contribution < -0.4 is 5.43 Å². The molecule has 9 nitrogen and oxygen atoms in total. The van der Waals surface area contributed by atoms with Gasteiger partial charge in [0.2, 0.25) is 0 Å². The minimum Gasteiger partial charge on any atom is -0.480 e. The van der Waals surface area contributed by atoms with Crippen LogP contribution in [0, 0.1) is 5.92 Å². The number of ether oxygens (including phenoxy) is 2. The van der Waals surface area contributed by atoms with E-state index in [1.807, 2.05) is 0 Å². The molecule has 130 valence electrons. The number of nitrogens with zero attached hydrogens (tertiary/aromatic N) is 1. The molecule has 0 aliphatic carbocycles. The molecule has 0 aromatic rings. The molecule has 0 fully saturated rings. The Morgan fingerprint density at radius 2 is 1.77 bits per heavy atom. The predicted octanol–water partition coefficient (Wildman–Crippen LogP) is -0.989. The number of carbonyl (C=O) groups is 2. The molecule has 0 aliphatic rings. The Morgan fingerprint density at radius 1 is 1.14 bits per heavy atom. The first-order chi connectivity index (χ1) is 10.3. The summed E-state index contributed by atoms with van der Waals surface area (Å²) in [6.07, 6.45) is 0. The molecule has 0 aromatic carbocycles. The monoisotopic (exact) mass is 322 g/mol. The molecular weight excluding hydrogens is 296 g/mol. The first-order valence-corrected chi connectivity index (χ1v) is 7.01. The fourth-order valence-electron chi connectivity index (χ4n) is 1.70. The van der Waals surface area contributed by atoms with Crippen molar-refractivity contribution in [2.45, 2.75) is 25.9 Å².